The zero-order chi connectivity index (χ0) is 21.4. The first kappa shape index (κ1) is 20.7. The van der Waals surface area contributed by atoms with Gasteiger partial charge in [-0.1, -0.05) is 42.5 Å². The van der Waals surface area contributed by atoms with E-state index in [1.807, 2.05) is 18.2 Å². The summed E-state index contributed by atoms with van der Waals surface area (Å²) in [6.45, 7) is 8.64. The highest BCUT2D eigenvalue weighted by molar-refractivity contribution is 5.89. The molecule has 0 spiro atoms. The lowest BCUT2D eigenvalue weighted by atomic mass is 9.80. The van der Waals surface area contributed by atoms with Crippen LogP contribution in [0.4, 0.5) is 0 Å². The smallest absolute Gasteiger partial charge is 0.338 e. The van der Waals surface area contributed by atoms with Gasteiger partial charge in [0.2, 0.25) is 0 Å². The summed E-state index contributed by atoms with van der Waals surface area (Å²) < 4.78 is 5.91. The number of carbonyl (C=O) groups excluding carboxylic acids is 1. The lowest BCUT2D eigenvalue weighted by Crippen LogP contribution is -2.61. The Morgan fingerprint density at radius 3 is 2.27 bits per heavy atom. The molecule has 1 aliphatic carbocycles. The fourth-order valence-electron chi connectivity index (χ4n) is 4.93. The van der Waals surface area contributed by atoms with E-state index in [1.165, 1.54) is 11.1 Å². The largest absolute Gasteiger partial charge is 0.459 e. The standard InChI is InChI=1S/C26H31NO3/c1-25(2)17-21(29-24(28)20-12-6-5-7-13-20)18-26(3,4)27(25)30-23-16-10-14-19-11-8-9-15-22(19)23/h5-9,11-13,15-16,21H,10,14,17-18H2,1-4H3. The zero-order valence-electron chi connectivity index (χ0n) is 18.4. The van der Waals surface area contributed by atoms with E-state index in [2.05, 4.69) is 63.1 Å². The first-order valence-electron chi connectivity index (χ1n) is 10.8. The molecule has 30 heavy (non-hydrogen) atoms. The third-order valence-corrected chi connectivity index (χ3v) is 6.05. The maximum atomic E-state index is 12.6. The molecule has 158 valence electrons. The van der Waals surface area contributed by atoms with Gasteiger partial charge in [0.05, 0.1) is 16.6 Å². The van der Waals surface area contributed by atoms with Crippen LogP contribution in [-0.2, 0) is 16.0 Å². The number of ether oxygens (including phenoxy) is 1. The normalized spacial score (nSPS) is 20.7. The summed E-state index contributed by atoms with van der Waals surface area (Å²) in [6.07, 6.45) is 5.49. The molecule has 4 rings (SSSR count). The molecule has 0 aromatic heterocycles. The molecule has 2 aliphatic rings. The monoisotopic (exact) mass is 405 g/mol. The second-order valence-corrected chi connectivity index (χ2v) is 9.58. The highest BCUT2D eigenvalue weighted by Crippen LogP contribution is 2.42. The van der Waals surface area contributed by atoms with Crippen LogP contribution in [0, 0.1) is 0 Å². The number of aryl methyl sites for hydroxylation is 1. The fourth-order valence-corrected chi connectivity index (χ4v) is 4.93. The van der Waals surface area contributed by atoms with Crippen LogP contribution < -0.4 is 0 Å². The molecule has 0 atom stereocenters. The first-order chi connectivity index (χ1) is 14.3. The molecule has 4 heteroatoms. The molecular formula is C26H31NO3. The molecule has 0 unspecified atom stereocenters. The van der Waals surface area contributed by atoms with E-state index >= 15 is 0 Å². The Kier molecular flexibility index (Phi) is 5.46. The van der Waals surface area contributed by atoms with Gasteiger partial charge in [-0.25, -0.2) is 4.79 Å². The lowest BCUT2D eigenvalue weighted by molar-refractivity contribution is -0.252. The summed E-state index contributed by atoms with van der Waals surface area (Å²) >= 11 is 0. The molecule has 1 saturated heterocycles. The Morgan fingerprint density at radius 2 is 1.57 bits per heavy atom. The van der Waals surface area contributed by atoms with Crippen molar-refractivity contribution in [1.29, 1.82) is 0 Å². The Balaban J connectivity index is 1.51. The van der Waals surface area contributed by atoms with E-state index in [1.54, 1.807) is 12.1 Å². The SMILES string of the molecule is CC1(C)CC(OC(=O)c2ccccc2)CC(C)(C)N1OC1=CCCc2ccccc21. The Morgan fingerprint density at radius 1 is 0.933 bits per heavy atom. The molecule has 0 N–H and O–H groups in total. The van der Waals surface area contributed by atoms with Crippen LogP contribution in [-0.4, -0.2) is 28.2 Å². The molecule has 4 nitrogen and oxygen atoms in total. The third kappa shape index (κ3) is 4.15. The van der Waals surface area contributed by atoms with Crippen LogP contribution >= 0.6 is 0 Å². The molecule has 1 fully saturated rings. The van der Waals surface area contributed by atoms with Crippen molar-refractivity contribution >= 4 is 11.7 Å². The maximum Gasteiger partial charge on any atom is 0.338 e. The molecule has 0 bridgehead atoms. The summed E-state index contributed by atoms with van der Waals surface area (Å²) in [7, 11) is 0. The van der Waals surface area contributed by atoms with Crippen LogP contribution in [0.5, 0.6) is 0 Å². The highest BCUT2D eigenvalue weighted by Gasteiger charge is 2.49. The second kappa shape index (κ2) is 7.92. The highest BCUT2D eigenvalue weighted by atomic mass is 16.7. The zero-order valence-corrected chi connectivity index (χ0v) is 18.4. The third-order valence-electron chi connectivity index (χ3n) is 6.05. The van der Waals surface area contributed by atoms with Gasteiger partial charge in [0.1, 0.15) is 6.10 Å². The summed E-state index contributed by atoms with van der Waals surface area (Å²) in [5.74, 6) is 0.670. The van der Waals surface area contributed by atoms with Crippen LogP contribution in [0.3, 0.4) is 0 Å². The molecule has 2 aromatic rings. The quantitative estimate of drug-likeness (QED) is 0.604. The van der Waals surface area contributed by atoms with Gasteiger partial charge in [-0.2, -0.15) is 0 Å². The second-order valence-electron chi connectivity index (χ2n) is 9.58. The van der Waals surface area contributed by atoms with E-state index < -0.39 is 0 Å². The number of allylic oxidation sites excluding steroid dienone is 1. The van der Waals surface area contributed by atoms with Gasteiger partial charge < -0.3 is 9.57 Å². The Labute approximate surface area is 179 Å². The van der Waals surface area contributed by atoms with Crippen molar-refractivity contribution in [3.8, 4) is 0 Å². The topological polar surface area (TPSA) is 38.8 Å². The molecule has 0 saturated carbocycles. The van der Waals surface area contributed by atoms with Gasteiger partial charge in [-0.15, -0.1) is 5.06 Å². The van der Waals surface area contributed by atoms with Crippen LogP contribution in [0.1, 0.15) is 68.4 Å². The van der Waals surface area contributed by atoms with Crippen molar-refractivity contribution in [2.45, 2.75) is 70.6 Å². The summed E-state index contributed by atoms with van der Waals surface area (Å²) in [6, 6.07) is 17.7. The summed E-state index contributed by atoms with van der Waals surface area (Å²) in [4.78, 5) is 19.2. The Bertz CT molecular complexity index is 928. The minimum Gasteiger partial charge on any atom is -0.459 e. The number of fused-ring (bicyclic) bond motifs is 1. The minimum atomic E-state index is -0.295. The summed E-state index contributed by atoms with van der Waals surface area (Å²) in [5.41, 5.74) is 2.51. The van der Waals surface area contributed by atoms with Crippen LogP contribution in [0.2, 0.25) is 0 Å². The molecule has 1 aliphatic heterocycles. The fraction of sp³-hybridized carbons (Fsp3) is 0.423. The number of nitrogens with zero attached hydrogens (tertiary/aromatic N) is 1. The molecule has 1 heterocycles. The number of benzene rings is 2. The maximum absolute atomic E-state index is 12.6. The van der Waals surface area contributed by atoms with E-state index in [0.717, 1.165) is 18.6 Å². The van der Waals surface area contributed by atoms with Gasteiger partial charge in [-0.05, 0) is 64.3 Å². The molecule has 0 amide bonds. The van der Waals surface area contributed by atoms with Crippen molar-refractivity contribution in [1.82, 2.24) is 5.06 Å². The van der Waals surface area contributed by atoms with Crippen molar-refractivity contribution < 1.29 is 14.4 Å². The Hall–Kier alpha value is -2.59. The van der Waals surface area contributed by atoms with Crippen molar-refractivity contribution in [3.63, 3.8) is 0 Å². The summed E-state index contributed by atoms with van der Waals surface area (Å²) in [5, 5.41) is 2.11. The molecule has 2 aromatic carbocycles. The number of carbonyl (C=O) groups is 1. The minimum absolute atomic E-state index is 0.157. The van der Waals surface area contributed by atoms with E-state index in [9.17, 15) is 4.79 Å². The first-order valence-corrected chi connectivity index (χ1v) is 10.8. The van der Waals surface area contributed by atoms with Gasteiger partial charge in [-0.3, -0.25) is 0 Å². The molecule has 0 radical (unpaired) electrons. The number of hydrogen-bond acceptors (Lipinski definition) is 4. The number of esters is 1. The average molecular weight is 406 g/mol. The predicted molar refractivity (Wildman–Crippen MR) is 119 cm³/mol. The van der Waals surface area contributed by atoms with Gasteiger partial charge in [0.25, 0.3) is 0 Å². The van der Waals surface area contributed by atoms with Crippen LogP contribution in [0.25, 0.3) is 5.76 Å². The van der Waals surface area contributed by atoms with Crippen molar-refractivity contribution in [2.24, 2.45) is 0 Å². The number of hydrogen-bond donors (Lipinski definition) is 0. The van der Waals surface area contributed by atoms with Crippen molar-refractivity contribution in [2.75, 3.05) is 0 Å². The van der Waals surface area contributed by atoms with E-state index in [-0.39, 0.29) is 23.2 Å². The molecular weight excluding hydrogens is 374 g/mol. The number of piperidine rings is 1. The lowest BCUT2D eigenvalue weighted by Gasteiger charge is -2.53. The van der Waals surface area contributed by atoms with Gasteiger partial charge >= 0.3 is 5.97 Å². The van der Waals surface area contributed by atoms with Crippen molar-refractivity contribution in [3.05, 3.63) is 77.4 Å². The average Bonchev–Trinajstić information content (AvgIpc) is 2.71. The number of rotatable bonds is 4. The van der Waals surface area contributed by atoms with E-state index in [4.69, 9.17) is 9.57 Å². The van der Waals surface area contributed by atoms with Gasteiger partial charge in [0, 0.05) is 18.4 Å². The van der Waals surface area contributed by atoms with E-state index in [0.29, 0.717) is 18.4 Å². The van der Waals surface area contributed by atoms with Gasteiger partial charge in [0.15, 0.2) is 5.76 Å². The number of hydroxylamine groups is 2. The van der Waals surface area contributed by atoms with Crippen LogP contribution in [0.15, 0.2) is 60.7 Å². The predicted octanol–water partition coefficient (Wildman–Crippen LogP) is 5.78.